The number of carbonyl (C=O) groups is 1. The lowest BCUT2D eigenvalue weighted by atomic mass is 9.96. The van der Waals surface area contributed by atoms with Crippen molar-refractivity contribution < 1.29 is 89.4 Å². The summed E-state index contributed by atoms with van der Waals surface area (Å²) in [5.74, 6) is -0.278. The second kappa shape index (κ2) is 61.4. The molecule has 1 amide bonds. The van der Waals surface area contributed by atoms with Gasteiger partial charge in [0.05, 0.1) is 38.6 Å². The Kier molecular flexibility index (Phi) is 56.8. The lowest BCUT2D eigenvalue weighted by Gasteiger charge is -2.48. The summed E-state index contributed by atoms with van der Waals surface area (Å²) in [6.07, 6.45) is 47.7. The topological polar surface area (TPSA) is 307 Å². The van der Waals surface area contributed by atoms with Gasteiger partial charge >= 0.3 is 0 Å². The first-order chi connectivity index (χ1) is 48.3. The number of ether oxygens (including phenoxy) is 6. The van der Waals surface area contributed by atoms with Gasteiger partial charge < -0.3 is 89.9 Å². The Hall–Kier alpha value is -1.73. The van der Waals surface area contributed by atoms with Crippen LogP contribution < -0.4 is 5.32 Å². The molecule has 3 heterocycles. The number of allylic oxidation sites excluding steroid dienone is 3. The molecule has 17 atom stereocenters. The van der Waals surface area contributed by atoms with Crippen LogP contribution in [0.5, 0.6) is 0 Å². The zero-order chi connectivity index (χ0) is 71.8. The Labute approximate surface area is 600 Å². The molecule has 3 saturated heterocycles. The zero-order valence-electron chi connectivity index (χ0n) is 62.5. The highest BCUT2D eigenvalue weighted by atomic mass is 16.8. The number of unbranched alkanes of at least 4 members (excludes halogenated alkanes) is 48. The van der Waals surface area contributed by atoms with Gasteiger partial charge in [-0.15, -0.1) is 0 Å². The SMILES string of the molecule is CCCCCCCCCCCCC/C=C/CC/C=C/C(O)C(COC1OC(CO)C(OC2OC(CO)C(OC3OC(CO)C(O)C(O)C3O)C(O)C2O)C(O)C1O)NC(=O)CCCCCCCCCCCCCCCCCCCCCCCCCCCCCCCCCCCCCCC. The van der Waals surface area contributed by atoms with E-state index in [2.05, 4.69) is 31.3 Å². The van der Waals surface area contributed by atoms with E-state index in [4.69, 9.17) is 28.4 Å². The number of nitrogens with one attached hydrogen (secondary N) is 1. The van der Waals surface area contributed by atoms with Gasteiger partial charge in [-0.3, -0.25) is 4.79 Å². The summed E-state index contributed by atoms with van der Waals surface area (Å²) in [6.45, 7) is 1.76. The number of amides is 1. The number of aliphatic hydroxyl groups is 11. The molecule has 12 N–H and O–H groups in total. The zero-order valence-corrected chi connectivity index (χ0v) is 62.5. The molecule has 19 nitrogen and oxygen atoms in total. The fraction of sp³-hybridized carbons (Fsp3) is 0.938. The maximum absolute atomic E-state index is 13.5. The van der Waals surface area contributed by atoms with E-state index in [1.807, 2.05) is 6.08 Å². The molecule has 99 heavy (non-hydrogen) atoms. The molecule has 584 valence electrons. The lowest BCUT2D eigenvalue weighted by Crippen LogP contribution is -2.66. The second-order valence-electron chi connectivity index (χ2n) is 29.6. The molecule has 3 fully saturated rings. The van der Waals surface area contributed by atoms with Crippen LogP contribution in [-0.2, 0) is 33.2 Å². The van der Waals surface area contributed by atoms with Crippen LogP contribution in [-0.4, -0.2) is 193 Å². The molecule has 0 aromatic carbocycles. The third-order valence-electron chi connectivity index (χ3n) is 20.8. The van der Waals surface area contributed by atoms with Gasteiger partial charge in [0.15, 0.2) is 18.9 Å². The summed E-state index contributed by atoms with van der Waals surface area (Å²) in [6, 6.07) is -0.987. The van der Waals surface area contributed by atoms with Crippen molar-refractivity contribution in [2.45, 2.75) is 452 Å². The van der Waals surface area contributed by atoms with Gasteiger partial charge in [-0.05, 0) is 32.1 Å². The molecule has 3 rings (SSSR count). The van der Waals surface area contributed by atoms with E-state index in [1.54, 1.807) is 6.08 Å². The van der Waals surface area contributed by atoms with Crippen LogP contribution in [0.2, 0.25) is 0 Å². The quantitative estimate of drug-likeness (QED) is 0.0199. The van der Waals surface area contributed by atoms with Crippen molar-refractivity contribution in [3.05, 3.63) is 24.3 Å². The first kappa shape index (κ1) is 91.5. The van der Waals surface area contributed by atoms with Crippen LogP contribution in [0.4, 0.5) is 0 Å². The van der Waals surface area contributed by atoms with E-state index in [0.717, 1.165) is 38.5 Å². The van der Waals surface area contributed by atoms with Gasteiger partial charge in [-0.25, -0.2) is 0 Å². The highest BCUT2D eigenvalue weighted by Gasteiger charge is 2.54. The maximum atomic E-state index is 13.5. The van der Waals surface area contributed by atoms with Gasteiger partial charge in [0.1, 0.15) is 73.2 Å². The third kappa shape index (κ3) is 41.7. The van der Waals surface area contributed by atoms with Crippen LogP contribution in [0, 0.1) is 0 Å². The summed E-state index contributed by atoms with van der Waals surface area (Å²) in [5.41, 5.74) is 0. The lowest BCUT2D eigenvalue weighted by molar-refractivity contribution is -0.379. The Morgan fingerprint density at radius 2 is 0.646 bits per heavy atom. The van der Waals surface area contributed by atoms with Crippen molar-refractivity contribution in [1.29, 1.82) is 0 Å². The number of carbonyl (C=O) groups excluding carboxylic acids is 1. The van der Waals surface area contributed by atoms with E-state index in [-0.39, 0.29) is 18.9 Å². The van der Waals surface area contributed by atoms with E-state index in [0.29, 0.717) is 12.8 Å². The molecule has 17 unspecified atom stereocenters. The molecule has 0 aliphatic carbocycles. The number of aliphatic hydroxyl groups excluding tert-OH is 11. The van der Waals surface area contributed by atoms with Crippen molar-refractivity contribution >= 4 is 5.91 Å². The standard InChI is InChI=1S/C80H151NO18/c1-3-5-7-9-11-13-15-17-19-21-22-23-24-25-26-27-28-29-30-31-32-33-34-35-36-37-38-39-40-42-44-46-48-50-52-54-56-58-68(86)81-63(64(85)57-55-53-51-49-47-45-43-41-20-18-16-14-12-10-8-6-4-2)62-94-78-74(92)71(89)76(66(60-83)96-78)99-80-75(93)72(90)77(67(61-84)97-80)98-79-73(91)70(88)69(87)65(59-82)95-79/h47,49,55,57,63-67,69-80,82-85,87-93H,3-46,48,50-54,56,58-62H2,1-2H3,(H,81,86)/b49-47+,57-55+. The molecule has 0 aromatic heterocycles. The van der Waals surface area contributed by atoms with Gasteiger partial charge in [-0.1, -0.05) is 334 Å². The Morgan fingerprint density at radius 3 is 1.01 bits per heavy atom. The maximum Gasteiger partial charge on any atom is 0.220 e. The predicted octanol–water partition coefficient (Wildman–Crippen LogP) is 13.7. The van der Waals surface area contributed by atoms with E-state index >= 15 is 0 Å². The third-order valence-corrected chi connectivity index (χ3v) is 20.8. The smallest absolute Gasteiger partial charge is 0.220 e. The number of hydrogen-bond donors (Lipinski definition) is 12. The average Bonchev–Trinajstić information content (AvgIpc) is 0.784. The van der Waals surface area contributed by atoms with Crippen molar-refractivity contribution in [2.24, 2.45) is 0 Å². The normalized spacial score (nSPS) is 26.7. The van der Waals surface area contributed by atoms with Crippen LogP contribution in [0.15, 0.2) is 24.3 Å². The van der Waals surface area contributed by atoms with Crippen LogP contribution in [0.25, 0.3) is 0 Å². The molecule has 0 saturated carbocycles. The molecule has 0 bridgehead atoms. The van der Waals surface area contributed by atoms with Crippen molar-refractivity contribution in [3.63, 3.8) is 0 Å². The largest absolute Gasteiger partial charge is 0.394 e. The summed E-state index contributed by atoms with van der Waals surface area (Å²) in [5, 5.41) is 121. The van der Waals surface area contributed by atoms with Gasteiger partial charge in [0, 0.05) is 6.42 Å². The minimum absolute atomic E-state index is 0.241. The summed E-state index contributed by atoms with van der Waals surface area (Å²) >= 11 is 0. The molecule has 3 aliphatic rings. The van der Waals surface area contributed by atoms with Gasteiger partial charge in [0.25, 0.3) is 0 Å². The minimum Gasteiger partial charge on any atom is -0.394 e. The van der Waals surface area contributed by atoms with Gasteiger partial charge in [0.2, 0.25) is 5.91 Å². The van der Waals surface area contributed by atoms with Gasteiger partial charge in [-0.2, -0.15) is 0 Å². The minimum atomic E-state index is -1.98. The Morgan fingerprint density at radius 1 is 0.354 bits per heavy atom. The molecule has 0 spiro atoms. The van der Waals surface area contributed by atoms with Crippen LogP contribution in [0.1, 0.15) is 348 Å². The van der Waals surface area contributed by atoms with Crippen LogP contribution in [0.3, 0.4) is 0 Å². The van der Waals surface area contributed by atoms with Crippen LogP contribution >= 0.6 is 0 Å². The second-order valence-corrected chi connectivity index (χ2v) is 29.6. The first-order valence-corrected chi connectivity index (χ1v) is 41.1. The molecular weight excluding hydrogens is 1260 g/mol. The molecular formula is C80H151NO18. The molecule has 19 heteroatoms. The number of hydrogen-bond acceptors (Lipinski definition) is 18. The highest BCUT2D eigenvalue weighted by Crippen LogP contribution is 2.33. The average molecular weight is 1420 g/mol. The summed E-state index contributed by atoms with van der Waals surface area (Å²) in [4.78, 5) is 13.5. The van der Waals surface area contributed by atoms with E-state index in [9.17, 15) is 61.0 Å². The first-order valence-electron chi connectivity index (χ1n) is 41.1. The predicted molar refractivity (Wildman–Crippen MR) is 393 cm³/mol. The monoisotopic (exact) mass is 1410 g/mol. The fourth-order valence-corrected chi connectivity index (χ4v) is 14.2. The van der Waals surface area contributed by atoms with Crippen molar-refractivity contribution in [3.8, 4) is 0 Å². The Bertz CT molecular complexity index is 1880. The molecule has 0 aromatic rings. The van der Waals surface area contributed by atoms with Crippen molar-refractivity contribution in [2.75, 3.05) is 26.4 Å². The van der Waals surface area contributed by atoms with E-state index < -0.39 is 124 Å². The fourth-order valence-electron chi connectivity index (χ4n) is 14.2. The number of rotatable bonds is 66. The molecule has 3 aliphatic heterocycles. The van der Waals surface area contributed by atoms with E-state index in [1.165, 1.54) is 276 Å². The van der Waals surface area contributed by atoms with Crippen molar-refractivity contribution in [1.82, 2.24) is 5.32 Å². The Balaban J connectivity index is 1.31. The highest BCUT2D eigenvalue weighted by molar-refractivity contribution is 5.76. The molecule has 0 radical (unpaired) electrons. The summed E-state index contributed by atoms with van der Waals surface area (Å²) in [7, 11) is 0. The summed E-state index contributed by atoms with van der Waals surface area (Å²) < 4.78 is 34.4.